The zero-order valence-corrected chi connectivity index (χ0v) is 25.6. The molecule has 0 atom stereocenters. The number of benzene rings is 3. The van der Waals surface area contributed by atoms with Gasteiger partial charge in [-0.05, 0) is 78.9 Å². The third-order valence-electron chi connectivity index (χ3n) is 7.55. The van der Waals surface area contributed by atoms with E-state index in [1.807, 2.05) is 46.1 Å². The van der Waals surface area contributed by atoms with Gasteiger partial charge < -0.3 is 10.0 Å². The highest BCUT2D eigenvalue weighted by Gasteiger charge is 2.33. The fourth-order valence-corrected chi connectivity index (χ4v) is 5.49. The molecule has 4 aromatic rings. The summed E-state index contributed by atoms with van der Waals surface area (Å²) in [4.78, 5) is 30.6. The van der Waals surface area contributed by atoms with E-state index in [1.54, 1.807) is 30.3 Å². The van der Waals surface area contributed by atoms with Crippen molar-refractivity contribution in [2.24, 2.45) is 5.10 Å². The fourth-order valence-electron chi connectivity index (χ4n) is 5.27. The van der Waals surface area contributed by atoms with Gasteiger partial charge in [-0.2, -0.15) is 18.3 Å². The number of alkyl halides is 3. The summed E-state index contributed by atoms with van der Waals surface area (Å²) in [5.41, 5.74) is 3.64. The van der Waals surface area contributed by atoms with Crippen LogP contribution < -0.4 is 19.8 Å². The average Bonchev–Trinajstić information content (AvgIpc) is 3.49. The van der Waals surface area contributed by atoms with Crippen molar-refractivity contribution in [3.63, 3.8) is 0 Å². The minimum absolute atomic E-state index is 0.00785. The largest absolute Gasteiger partial charge is 0.417 e. The summed E-state index contributed by atoms with van der Waals surface area (Å²) >= 11 is 5.71. The van der Waals surface area contributed by atoms with Crippen LogP contribution >= 0.6 is 11.6 Å². The highest BCUT2D eigenvalue weighted by Crippen LogP contribution is 2.35. The first-order chi connectivity index (χ1) is 22.1. The summed E-state index contributed by atoms with van der Waals surface area (Å²) in [6.07, 6.45) is 5.26. The number of hydrogen-bond acceptors (Lipinski definition) is 5. The van der Waals surface area contributed by atoms with Gasteiger partial charge in [0.1, 0.15) is 25.5 Å². The smallest absolute Gasteiger partial charge is 0.392 e. The molecule has 1 saturated heterocycles. The zero-order chi connectivity index (χ0) is 32.7. The predicted octanol–water partition coefficient (Wildman–Crippen LogP) is 5.87. The van der Waals surface area contributed by atoms with Crippen molar-refractivity contribution in [2.45, 2.75) is 38.5 Å². The zero-order valence-electron chi connectivity index (χ0n) is 24.8. The Hall–Kier alpha value is -4.68. The van der Waals surface area contributed by atoms with Crippen molar-refractivity contribution in [3.8, 4) is 0 Å². The van der Waals surface area contributed by atoms with Crippen molar-refractivity contribution >= 4 is 41.1 Å². The van der Waals surface area contributed by atoms with Crippen LogP contribution in [0.1, 0.15) is 46.3 Å². The number of piperidine rings is 1. The number of carbonyl (C=O) groups excluding carboxylic acids is 2. The quantitative estimate of drug-likeness (QED) is 0.134. The first-order valence-corrected chi connectivity index (χ1v) is 15.1. The maximum atomic E-state index is 13.9. The number of aliphatic hydroxyl groups excluding tert-OH is 1. The lowest BCUT2D eigenvalue weighted by Crippen LogP contribution is -2.42. The Morgan fingerprint density at radius 3 is 2.52 bits per heavy atom. The molecule has 1 aliphatic heterocycles. The number of carbonyl (C=O) groups is 2. The standard InChI is InChI=1S/C33H32ClF3N6O3/c34-30-12-7-24(20-29(30)33(35,36)37)21-38-39-32(46)43(28-10-8-27(9-11-28)42-13-2-1-3-14-42)31(45)26-6-4-5-25(19-26)22-41-16-15-40(23-41)17-18-44/h4-12,15-16,19-21,23,44H,1-3,13-14,17-18,22H2/p+1. The van der Waals surface area contributed by atoms with Crippen LogP contribution in [0.25, 0.3) is 0 Å². The van der Waals surface area contributed by atoms with E-state index in [0.29, 0.717) is 18.8 Å². The molecule has 3 amide bonds. The predicted molar refractivity (Wildman–Crippen MR) is 169 cm³/mol. The highest BCUT2D eigenvalue weighted by atomic mass is 35.5. The number of rotatable bonds is 9. The summed E-state index contributed by atoms with van der Waals surface area (Å²) in [5.74, 6) is -0.617. The Balaban J connectivity index is 1.39. The second kappa shape index (κ2) is 14.6. The SMILES string of the molecule is O=C(NN=Cc1ccc(Cl)c(C(F)(F)F)c1)N(C(=O)c1cccc(Cn2cc[n+](CCO)c2)c1)c1ccc(N2CCCCC2)cc1. The Bertz CT molecular complexity index is 1700. The van der Waals surface area contributed by atoms with Crippen molar-refractivity contribution in [3.05, 3.63) is 113 Å². The number of imidazole rings is 1. The molecule has 0 bridgehead atoms. The minimum Gasteiger partial charge on any atom is -0.392 e. The number of anilines is 2. The van der Waals surface area contributed by atoms with Crippen LogP contribution in [0.2, 0.25) is 5.02 Å². The molecule has 5 rings (SSSR count). The third-order valence-corrected chi connectivity index (χ3v) is 7.88. The number of hydrogen-bond donors (Lipinski definition) is 2. The van der Waals surface area contributed by atoms with Gasteiger partial charge in [0, 0.05) is 24.3 Å². The second-order valence-corrected chi connectivity index (χ2v) is 11.3. The Morgan fingerprint density at radius 1 is 1.04 bits per heavy atom. The van der Waals surface area contributed by atoms with E-state index in [0.717, 1.165) is 60.4 Å². The van der Waals surface area contributed by atoms with Gasteiger partial charge in [0.25, 0.3) is 5.91 Å². The summed E-state index contributed by atoms with van der Waals surface area (Å²) in [6, 6.07) is 16.3. The van der Waals surface area contributed by atoms with Crippen LogP contribution in [0.3, 0.4) is 0 Å². The summed E-state index contributed by atoms with van der Waals surface area (Å²) in [7, 11) is 0. The monoisotopic (exact) mass is 653 g/mol. The Kier molecular flexibility index (Phi) is 10.4. The lowest BCUT2D eigenvalue weighted by atomic mass is 10.1. The molecular weight excluding hydrogens is 621 g/mol. The molecule has 9 nitrogen and oxygen atoms in total. The molecule has 1 fully saturated rings. The van der Waals surface area contributed by atoms with Gasteiger partial charge in [0.15, 0.2) is 0 Å². The molecule has 0 unspecified atom stereocenters. The van der Waals surface area contributed by atoms with Crippen LogP contribution in [0.4, 0.5) is 29.3 Å². The molecule has 0 radical (unpaired) electrons. The van der Waals surface area contributed by atoms with Gasteiger partial charge in [-0.15, -0.1) is 0 Å². The number of hydrazone groups is 1. The molecule has 1 aromatic heterocycles. The molecule has 0 aliphatic carbocycles. The summed E-state index contributed by atoms with van der Waals surface area (Å²) < 4.78 is 43.6. The molecule has 240 valence electrons. The van der Waals surface area contributed by atoms with Gasteiger partial charge in [0.2, 0.25) is 6.33 Å². The lowest BCUT2D eigenvalue weighted by molar-refractivity contribution is -0.697. The topological polar surface area (TPSA) is 94.0 Å². The molecule has 13 heteroatoms. The van der Waals surface area contributed by atoms with Crippen LogP contribution in [-0.4, -0.2) is 47.5 Å². The maximum Gasteiger partial charge on any atom is 0.417 e. The number of imide groups is 1. The summed E-state index contributed by atoms with van der Waals surface area (Å²) in [5, 5.41) is 12.6. The van der Waals surface area contributed by atoms with E-state index in [2.05, 4.69) is 15.4 Å². The van der Waals surface area contributed by atoms with E-state index < -0.39 is 28.7 Å². The average molecular weight is 654 g/mol. The van der Waals surface area contributed by atoms with Crippen LogP contribution in [0, 0.1) is 0 Å². The number of aliphatic hydroxyl groups is 1. The lowest BCUT2D eigenvalue weighted by Gasteiger charge is -2.29. The van der Waals surface area contributed by atoms with E-state index in [9.17, 15) is 27.9 Å². The van der Waals surface area contributed by atoms with Crippen LogP contribution in [-0.2, 0) is 19.3 Å². The Morgan fingerprint density at radius 2 is 1.80 bits per heavy atom. The van der Waals surface area contributed by atoms with Gasteiger partial charge in [0.05, 0.1) is 29.1 Å². The molecule has 0 saturated carbocycles. The normalized spacial score (nSPS) is 13.6. The van der Waals surface area contributed by atoms with Crippen molar-refractivity contribution in [1.29, 1.82) is 0 Å². The van der Waals surface area contributed by atoms with Crippen molar-refractivity contribution in [1.82, 2.24) is 9.99 Å². The number of halogens is 4. The van der Waals surface area contributed by atoms with E-state index >= 15 is 0 Å². The number of nitrogens with zero attached hydrogens (tertiary/aromatic N) is 5. The third kappa shape index (κ3) is 8.12. The molecule has 3 aromatic carbocycles. The highest BCUT2D eigenvalue weighted by molar-refractivity contribution is 6.31. The van der Waals surface area contributed by atoms with Gasteiger partial charge in [-0.3, -0.25) is 4.79 Å². The maximum absolute atomic E-state index is 13.9. The number of nitrogens with one attached hydrogen (secondary N) is 1. The number of amides is 3. The van der Waals surface area contributed by atoms with Crippen LogP contribution in [0.15, 0.2) is 90.6 Å². The number of aromatic nitrogens is 2. The molecule has 0 spiro atoms. The van der Waals surface area contributed by atoms with Crippen molar-refractivity contribution < 1.29 is 32.4 Å². The molecular formula is C33H33ClF3N6O3+. The first-order valence-electron chi connectivity index (χ1n) is 14.8. The molecule has 2 N–H and O–H groups in total. The van der Waals surface area contributed by atoms with Crippen LogP contribution in [0.5, 0.6) is 0 Å². The van der Waals surface area contributed by atoms with E-state index in [4.69, 9.17) is 11.6 Å². The second-order valence-electron chi connectivity index (χ2n) is 10.9. The first kappa shape index (κ1) is 32.7. The van der Waals surface area contributed by atoms with Gasteiger partial charge in [-0.25, -0.2) is 24.3 Å². The number of urea groups is 1. The minimum atomic E-state index is -4.66. The fraction of sp³-hybridized carbons (Fsp3) is 0.273. The molecule has 46 heavy (non-hydrogen) atoms. The molecule has 2 heterocycles. The van der Waals surface area contributed by atoms with Gasteiger partial charge in [-0.1, -0.05) is 29.8 Å². The van der Waals surface area contributed by atoms with Gasteiger partial charge >= 0.3 is 12.2 Å². The van der Waals surface area contributed by atoms with Crippen molar-refractivity contribution in [2.75, 3.05) is 29.5 Å². The van der Waals surface area contributed by atoms with E-state index in [-0.39, 0.29) is 17.7 Å². The Labute approximate surface area is 269 Å². The molecule has 1 aliphatic rings. The van der Waals surface area contributed by atoms with E-state index in [1.165, 1.54) is 12.5 Å². The summed E-state index contributed by atoms with van der Waals surface area (Å²) in [6.45, 7) is 2.75.